The predicted molar refractivity (Wildman–Crippen MR) is 79.0 cm³/mol. The molecule has 0 spiro atoms. The maximum atomic E-state index is 12.6. The van der Waals surface area contributed by atoms with Gasteiger partial charge in [-0.05, 0) is 24.9 Å². The number of Topliss-reactive ketones (excluding diaryl/α,β-unsaturated/α-hetero) is 1. The van der Waals surface area contributed by atoms with Gasteiger partial charge in [0, 0.05) is 11.5 Å². The van der Waals surface area contributed by atoms with Crippen LogP contribution in [0.2, 0.25) is 0 Å². The van der Waals surface area contributed by atoms with Crippen LogP contribution >= 0.6 is 0 Å². The minimum Gasteiger partial charge on any atom is -0.297 e. The summed E-state index contributed by atoms with van der Waals surface area (Å²) in [6.07, 6.45) is 2.08. The SMILES string of the molecule is CCN1C(C(=O)C(C)(C)C)CCC1c1ccccc1. The van der Waals surface area contributed by atoms with Gasteiger partial charge in [-0.25, -0.2) is 0 Å². The molecule has 1 aromatic rings. The first-order valence-electron chi connectivity index (χ1n) is 7.30. The van der Waals surface area contributed by atoms with Crippen LogP contribution in [0.3, 0.4) is 0 Å². The lowest BCUT2D eigenvalue weighted by atomic mass is 9.85. The number of carbonyl (C=O) groups is 1. The van der Waals surface area contributed by atoms with E-state index in [4.69, 9.17) is 0 Å². The molecule has 2 nitrogen and oxygen atoms in total. The highest BCUT2D eigenvalue weighted by molar-refractivity contribution is 5.89. The second-order valence-electron chi connectivity index (χ2n) is 6.46. The number of hydrogen-bond donors (Lipinski definition) is 0. The van der Waals surface area contributed by atoms with Crippen molar-refractivity contribution in [2.45, 2.75) is 52.6 Å². The summed E-state index contributed by atoms with van der Waals surface area (Å²) in [6.45, 7) is 9.17. The van der Waals surface area contributed by atoms with Crippen molar-refractivity contribution in [2.24, 2.45) is 5.41 Å². The Balaban J connectivity index is 2.21. The summed E-state index contributed by atoms with van der Waals surface area (Å²) in [6, 6.07) is 11.1. The second kappa shape index (κ2) is 5.46. The van der Waals surface area contributed by atoms with E-state index >= 15 is 0 Å². The fourth-order valence-corrected chi connectivity index (χ4v) is 3.12. The number of rotatable bonds is 3. The van der Waals surface area contributed by atoms with Crippen LogP contribution in [0, 0.1) is 5.41 Å². The highest BCUT2D eigenvalue weighted by Gasteiger charge is 2.40. The molecular weight excluding hydrogens is 234 g/mol. The average molecular weight is 259 g/mol. The third-order valence-electron chi connectivity index (χ3n) is 4.11. The van der Waals surface area contributed by atoms with Gasteiger partial charge >= 0.3 is 0 Å². The van der Waals surface area contributed by atoms with E-state index in [1.165, 1.54) is 5.56 Å². The fourth-order valence-electron chi connectivity index (χ4n) is 3.12. The minimum atomic E-state index is -0.246. The first-order chi connectivity index (χ1) is 8.95. The van der Waals surface area contributed by atoms with Gasteiger partial charge in [0.25, 0.3) is 0 Å². The van der Waals surface area contributed by atoms with Gasteiger partial charge < -0.3 is 0 Å². The number of benzene rings is 1. The van der Waals surface area contributed by atoms with Crippen LogP contribution in [0.5, 0.6) is 0 Å². The molecule has 1 aromatic carbocycles. The molecule has 2 unspecified atom stereocenters. The lowest BCUT2D eigenvalue weighted by Gasteiger charge is -2.32. The Hall–Kier alpha value is -1.15. The van der Waals surface area contributed by atoms with Crippen molar-refractivity contribution in [3.63, 3.8) is 0 Å². The summed E-state index contributed by atoms with van der Waals surface area (Å²) >= 11 is 0. The van der Waals surface area contributed by atoms with Crippen molar-refractivity contribution in [3.8, 4) is 0 Å². The molecule has 1 aliphatic heterocycles. The first kappa shape index (κ1) is 14.3. The summed E-state index contributed by atoms with van der Waals surface area (Å²) < 4.78 is 0. The van der Waals surface area contributed by atoms with Crippen LogP contribution in [0.15, 0.2) is 30.3 Å². The first-order valence-corrected chi connectivity index (χ1v) is 7.30. The van der Waals surface area contributed by atoms with Crippen LogP contribution in [0.4, 0.5) is 0 Å². The maximum Gasteiger partial charge on any atom is 0.155 e. The maximum absolute atomic E-state index is 12.6. The standard InChI is InChI=1S/C17H25NO/c1-5-18-14(13-9-7-6-8-10-13)11-12-15(18)16(19)17(2,3)4/h6-10,14-15H,5,11-12H2,1-4H3. The van der Waals surface area contributed by atoms with E-state index in [-0.39, 0.29) is 11.5 Å². The molecule has 0 amide bonds. The van der Waals surface area contributed by atoms with E-state index in [0.717, 1.165) is 19.4 Å². The zero-order valence-corrected chi connectivity index (χ0v) is 12.5. The van der Waals surface area contributed by atoms with Gasteiger partial charge in [-0.3, -0.25) is 9.69 Å². The van der Waals surface area contributed by atoms with Crippen molar-refractivity contribution >= 4 is 5.78 Å². The number of ketones is 1. The lowest BCUT2D eigenvalue weighted by Crippen LogP contribution is -2.42. The Labute approximate surface area is 116 Å². The fraction of sp³-hybridized carbons (Fsp3) is 0.588. The molecule has 0 radical (unpaired) electrons. The average Bonchev–Trinajstić information content (AvgIpc) is 2.81. The van der Waals surface area contributed by atoms with Crippen molar-refractivity contribution < 1.29 is 4.79 Å². The summed E-state index contributed by atoms with van der Waals surface area (Å²) in [7, 11) is 0. The van der Waals surface area contributed by atoms with Crippen molar-refractivity contribution in [1.82, 2.24) is 4.90 Å². The molecule has 0 N–H and O–H groups in total. The van der Waals surface area contributed by atoms with Gasteiger partial charge in [-0.1, -0.05) is 58.0 Å². The van der Waals surface area contributed by atoms with Gasteiger partial charge in [0.1, 0.15) is 0 Å². The normalized spacial score (nSPS) is 24.6. The molecule has 0 aliphatic carbocycles. The molecule has 2 atom stereocenters. The zero-order valence-electron chi connectivity index (χ0n) is 12.5. The number of likely N-dealkylation sites (tertiary alicyclic amines) is 1. The molecule has 0 aromatic heterocycles. The van der Waals surface area contributed by atoms with E-state index in [0.29, 0.717) is 11.8 Å². The van der Waals surface area contributed by atoms with Crippen LogP contribution in [-0.4, -0.2) is 23.3 Å². The Kier molecular flexibility index (Phi) is 4.10. The Bertz CT molecular complexity index is 432. The molecule has 0 saturated carbocycles. The van der Waals surface area contributed by atoms with Crippen LogP contribution in [-0.2, 0) is 4.79 Å². The summed E-state index contributed by atoms with van der Waals surface area (Å²) in [5.74, 6) is 0.382. The predicted octanol–water partition coefficient (Wildman–Crippen LogP) is 3.83. The van der Waals surface area contributed by atoms with Gasteiger partial charge in [0.05, 0.1) is 6.04 Å². The van der Waals surface area contributed by atoms with Gasteiger partial charge in [-0.15, -0.1) is 0 Å². The zero-order chi connectivity index (χ0) is 14.0. The van der Waals surface area contributed by atoms with E-state index in [1.54, 1.807) is 0 Å². The quantitative estimate of drug-likeness (QED) is 0.822. The Morgan fingerprint density at radius 3 is 2.37 bits per heavy atom. The topological polar surface area (TPSA) is 20.3 Å². The summed E-state index contributed by atoms with van der Waals surface area (Å²) in [5, 5.41) is 0. The van der Waals surface area contributed by atoms with Gasteiger partial charge in [-0.2, -0.15) is 0 Å². The van der Waals surface area contributed by atoms with Crippen molar-refractivity contribution in [1.29, 1.82) is 0 Å². The monoisotopic (exact) mass is 259 g/mol. The molecule has 1 aliphatic rings. The number of hydrogen-bond acceptors (Lipinski definition) is 2. The van der Waals surface area contributed by atoms with Crippen molar-refractivity contribution in [3.05, 3.63) is 35.9 Å². The third kappa shape index (κ3) is 2.89. The molecule has 19 heavy (non-hydrogen) atoms. The van der Waals surface area contributed by atoms with E-state index in [9.17, 15) is 4.79 Å². The summed E-state index contributed by atoms with van der Waals surface area (Å²) in [5.41, 5.74) is 1.09. The van der Waals surface area contributed by atoms with Crippen LogP contribution < -0.4 is 0 Å². The van der Waals surface area contributed by atoms with E-state index in [1.807, 2.05) is 26.8 Å². The Morgan fingerprint density at radius 1 is 1.21 bits per heavy atom. The highest BCUT2D eigenvalue weighted by atomic mass is 16.1. The third-order valence-corrected chi connectivity index (χ3v) is 4.11. The molecule has 104 valence electrons. The number of nitrogens with zero attached hydrogens (tertiary/aromatic N) is 1. The smallest absolute Gasteiger partial charge is 0.155 e. The summed E-state index contributed by atoms with van der Waals surface area (Å²) in [4.78, 5) is 14.9. The number of likely N-dealkylation sites (N-methyl/N-ethyl adjacent to an activating group) is 1. The Morgan fingerprint density at radius 2 is 1.84 bits per heavy atom. The second-order valence-corrected chi connectivity index (χ2v) is 6.46. The minimum absolute atomic E-state index is 0.0928. The lowest BCUT2D eigenvalue weighted by molar-refractivity contribution is -0.131. The highest BCUT2D eigenvalue weighted by Crippen LogP contribution is 2.38. The van der Waals surface area contributed by atoms with Gasteiger partial charge in [0.2, 0.25) is 0 Å². The molecule has 1 heterocycles. The van der Waals surface area contributed by atoms with E-state index < -0.39 is 0 Å². The van der Waals surface area contributed by atoms with Gasteiger partial charge in [0.15, 0.2) is 5.78 Å². The molecular formula is C17H25NO. The molecule has 1 fully saturated rings. The van der Waals surface area contributed by atoms with Crippen LogP contribution in [0.1, 0.15) is 52.1 Å². The largest absolute Gasteiger partial charge is 0.297 e. The van der Waals surface area contributed by atoms with E-state index in [2.05, 4.69) is 36.1 Å². The molecule has 1 saturated heterocycles. The number of carbonyl (C=O) groups excluding carboxylic acids is 1. The molecule has 2 heteroatoms. The molecule has 0 bridgehead atoms. The van der Waals surface area contributed by atoms with Crippen LogP contribution in [0.25, 0.3) is 0 Å². The van der Waals surface area contributed by atoms with Crippen molar-refractivity contribution in [2.75, 3.05) is 6.54 Å². The molecule has 2 rings (SSSR count).